The lowest BCUT2D eigenvalue weighted by Crippen LogP contribution is -2.15. The van der Waals surface area contributed by atoms with Crippen LogP contribution in [0.4, 0.5) is 0 Å². The maximum atomic E-state index is 11.3. The number of benzene rings is 1. The van der Waals surface area contributed by atoms with Gasteiger partial charge in [0.15, 0.2) is 9.84 Å². The van der Waals surface area contributed by atoms with E-state index in [0.717, 1.165) is 11.4 Å². The van der Waals surface area contributed by atoms with Crippen LogP contribution in [-0.2, 0) is 30.0 Å². The standard InChI is InChI=1S/C13H16ClN3O2S/c1-17-12(14)8-16-13(17)9-15-7-10-3-5-11(6-4-10)20(2,18)19/h3-6,8,15H,7,9H2,1-2H3. The summed E-state index contributed by atoms with van der Waals surface area (Å²) >= 11 is 5.90. The summed E-state index contributed by atoms with van der Waals surface area (Å²) in [4.78, 5) is 4.51. The van der Waals surface area contributed by atoms with Gasteiger partial charge < -0.3 is 9.88 Å². The lowest BCUT2D eigenvalue weighted by atomic mass is 10.2. The lowest BCUT2D eigenvalue weighted by Gasteiger charge is -2.06. The summed E-state index contributed by atoms with van der Waals surface area (Å²) in [5.74, 6) is 0.850. The van der Waals surface area contributed by atoms with E-state index in [1.54, 1.807) is 35.0 Å². The number of sulfone groups is 1. The first-order valence-corrected chi connectivity index (χ1v) is 8.30. The van der Waals surface area contributed by atoms with Crippen molar-refractivity contribution in [3.8, 4) is 0 Å². The van der Waals surface area contributed by atoms with E-state index in [2.05, 4.69) is 10.3 Å². The van der Waals surface area contributed by atoms with E-state index in [0.29, 0.717) is 23.1 Å². The van der Waals surface area contributed by atoms with Crippen molar-refractivity contribution in [2.45, 2.75) is 18.0 Å². The minimum atomic E-state index is -3.13. The Balaban J connectivity index is 1.93. The van der Waals surface area contributed by atoms with Crippen molar-refractivity contribution in [2.75, 3.05) is 6.26 Å². The molecule has 108 valence electrons. The van der Waals surface area contributed by atoms with Crippen molar-refractivity contribution in [1.29, 1.82) is 0 Å². The molecule has 0 aliphatic heterocycles. The van der Waals surface area contributed by atoms with Crippen LogP contribution in [0, 0.1) is 0 Å². The fourth-order valence-electron chi connectivity index (χ4n) is 1.76. The first-order chi connectivity index (χ1) is 9.38. The van der Waals surface area contributed by atoms with Crippen molar-refractivity contribution >= 4 is 21.4 Å². The monoisotopic (exact) mass is 313 g/mol. The Morgan fingerprint density at radius 2 is 1.90 bits per heavy atom. The predicted molar refractivity (Wildman–Crippen MR) is 78.3 cm³/mol. The van der Waals surface area contributed by atoms with Crippen LogP contribution in [0.3, 0.4) is 0 Å². The second-order valence-electron chi connectivity index (χ2n) is 4.58. The van der Waals surface area contributed by atoms with Crippen LogP contribution < -0.4 is 5.32 Å². The Labute approximate surface area is 123 Å². The molecule has 2 aromatic rings. The van der Waals surface area contributed by atoms with Gasteiger partial charge in [0.25, 0.3) is 0 Å². The largest absolute Gasteiger partial charge is 0.321 e. The molecule has 1 N–H and O–H groups in total. The van der Waals surface area contributed by atoms with Crippen molar-refractivity contribution in [3.63, 3.8) is 0 Å². The highest BCUT2D eigenvalue weighted by Crippen LogP contribution is 2.11. The summed E-state index contributed by atoms with van der Waals surface area (Å²) in [6.45, 7) is 1.23. The second-order valence-corrected chi connectivity index (χ2v) is 6.98. The predicted octanol–water partition coefficient (Wildman–Crippen LogP) is 1.77. The number of rotatable bonds is 5. The van der Waals surface area contributed by atoms with Crippen LogP contribution in [0.25, 0.3) is 0 Å². The molecule has 0 bridgehead atoms. The van der Waals surface area contributed by atoms with Crippen molar-refractivity contribution < 1.29 is 8.42 Å². The van der Waals surface area contributed by atoms with E-state index in [9.17, 15) is 8.42 Å². The number of hydrogen-bond acceptors (Lipinski definition) is 4. The quantitative estimate of drug-likeness (QED) is 0.913. The van der Waals surface area contributed by atoms with Gasteiger partial charge in [0.05, 0.1) is 17.6 Å². The molecule has 0 saturated carbocycles. The first-order valence-electron chi connectivity index (χ1n) is 6.04. The van der Waals surface area contributed by atoms with Gasteiger partial charge >= 0.3 is 0 Å². The molecule has 0 spiro atoms. The minimum Gasteiger partial charge on any atom is -0.321 e. The van der Waals surface area contributed by atoms with E-state index >= 15 is 0 Å². The minimum absolute atomic E-state index is 0.331. The van der Waals surface area contributed by atoms with Gasteiger partial charge in [-0.25, -0.2) is 13.4 Å². The van der Waals surface area contributed by atoms with E-state index < -0.39 is 9.84 Å². The Morgan fingerprint density at radius 3 is 2.40 bits per heavy atom. The Kier molecular flexibility index (Phi) is 4.47. The molecule has 0 amide bonds. The molecule has 0 fully saturated rings. The number of hydrogen-bond donors (Lipinski definition) is 1. The molecule has 2 rings (SSSR count). The highest BCUT2D eigenvalue weighted by Gasteiger charge is 2.06. The van der Waals surface area contributed by atoms with Crippen LogP contribution in [-0.4, -0.2) is 24.2 Å². The third kappa shape index (κ3) is 3.59. The molecule has 0 radical (unpaired) electrons. The average Bonchev–Trinajstić information content (AvgIpc) is 2.70. The van der Waals surface area contributed by atoms with Crippen LogP contribution in [0.5, 0.6) is 0 Å². The molecule has 0 atom stereocenters. The SMILES string of the molecule is Cn1c(Cl)cnc1CNCc1ccc(S(C)(=O)=O)cc1. The van der Waals surface area contributed by atoms with Gasteiger partial charge in [0, 0.05) is 19.8 Å². The molecule has 20 heavy (non-hydrogen) atoms. The van der Waals surface area contributed by atoms with Gasteiger partial charge in [-0.15, -0.1) is 0 Å². The zero-order chi connectivity index (χ0) is 14.8. The van der Waals surface area contributed by atoms with Gasteiger partial charge in [-0.05, 0) is 17.7 Å². The van der Waals surface area contributed by atoms with Crippen molar-refractivity contribution in [3.05, 3.63) is 47.0 Å². The zero-order valence-electron chi connectivity index (χ0n) is 11.3. The Hall–Kier alpha value is -1.37. The number of aromatic nitrogens is 2. The van der Waals surface area contributed by atoms with Gasteiger partial charge in [-0.3, -0.25) is 0 Å². The Morgan fingerprint density at radius 1 is 1.25 bits per heavy atom. The van der Waals surface area contributed by atoms with Gasteiger partial charge in [-0.2, -0.15) is 0 Å². The molecular formula is C13H16ClN3O2S. The van der Waals surface area contributed by atoms with E-state index in [4.69, 9.17) is 11.6 Å². The number of halogens is 1. The molecular weight excluding hydrogens is 298 g/mol. The van der Waals surface area contributed by atoms with Crippen LogP contribution in [0.2, 0.25) is 5.15 Å². The molecule has 5 nitrogen and oxygen atoms in total. The van der Waals surface area contributed by atoms with Crippen LogP contribution in [0.15, 0.2) is 35.4 Å². The molecule has 0 saturated heterocycles. The zero-order valence-corrected chi connectivity index (χ0v) is 12.9. The molecule has 0 aliphatic carbocycles. The van der Waals surface area contributed by atoms with Crippen LogP contribution in [0.1, 0.15) is 11.4 Å². The van der Waals surface area contributed by atoms with Gasteiger partial charge in [-0.1, -0.05) is 23.7 Å². The Bertz CT molecular complexity index is 693. The summed E-state index contributed by atoms with van der Waals surface area (Å²) in [6, 6.07) is 6.83. The highest BCUT2D eigenvalue weighted by molar-refractivity contribution is 7.90. The lowest BCUT2D eigenvalue weighted by molar-refractivity contribution is 0.601. The molecule has 1 aromatic carbocycles. The summed E-state index contributed by atoms with van der Waals surface area (Å²) in [6.07, 6.45) is 2.81. The topological polar surface area (TPSA) is 64.0 Å². The van der Waals surface area contributed by atoms with Crippen molar-refractivity contribution in [2.24, 2.45) is 7.05 Å². The highest BCUT2D eigenvalue weighted by atomic mass is 35.5. The number of nitrogens with zero attached hydrogens (tertiary/aromatic N) is 2. The van der Waals surface area contributed by atoms with E-state index in [1.165, 1.54) is 6.26 Å². The third-order valence-corrected chi connectivity index (χ3v) is 4.47. The maximum absolute atomic E-state index is 11.3. The smallest absolute Gasteiger partial charge is 0.175 e. The molecule has 0 aliphatic rings. The second kappa shape index (κ2) is 5.95. The van der Waals surface area contributed by atoms with Gasteiger partial charge in [0.2, 0.25) is 0 Å². The van der Waals surface area contributed by atoms with E-state index in [-0.39, 0.29) is 0 Å². The fourth-order valence-corrected chi connectivity index (χ4v) is 2.54. The molecule has 1 aromatic heterocycles. The normalized spacial score (nSPS) is 11.8. The summed E-state index contributed by atoms with van der Waals surface area (Å²) in [5.41, 5.74) is 1.01. The maximum Gasteiger partial charge on any atom is 0.175 e. The van der Waals surface area contributed by atoms with Crippen LogP contribution >= 0.6 is 11.6 Å². The summed E-state index contributed by atoms with van der Waals surface area (Å²) in [5, 5.41) is 3.84. The molecule has 7 heteroatoms. The number of nitrogens with one attached hydrogen (secondary N) is 1. The van der Waals surface area contributed by atoms with E-state index in [1.807, 2.05) is 7.05 Å². The summed E-state index contributed by atoms with van der Waals surface area (Å²) < 4.78 is 24.5. The fraction of sp³-hybridized carbons (Fsp3) is 0.308. The molecule has 0 unspecified atom stereocenters. The summed E-state index contributed by atoms with van der Waals surface area (Å²) in [7, 11) is -1.28. The van der Waals surface area contributed by atoms with Crippen molar-refractivity contribution in [1.82, 2.24) is 14.9 Å². The first kappa shape index (κ1) is 15.0. The third-order valence-electron chi connectivity index (χ3n) is 2.99. The average molecular weight is 314 g/mol. The number of imidazole rings is 1. The molecule has 1 heterocycles. The van der Waals surface area contributed by atoms with Gasteiger partial charge in [0.1, 0.15) is 11.0 Å².